The Labute approximate surface area is 94.7 Å². The van der Waals surface area contributed by atoms with Gasteiger partial charge in [-0.05, 0) is 25.0 Å². The normalized spacial score (nSPS) is 24.3. The Kier molecular flexibility index (Phi) is 3.51. The summed E-state index contributed by atoms with van der Waals surface area (Å²) in [5, 5.41) is 12.1. The second-order valence-corrected chi connectivity index (χ2v) is 4.20. The van der Waals surface area contributed by atoms with Crippen LogP contribution in [0.15, 0.2) is 24.5 Å². The topological polar surface area (TPSA) is 62.2 Å². The average Bonchev–Trinajstić information content (AvgIpc) is 2.77. The van der Waals surface area contributed by atoms with Crippen molar-refractivity contribution in [3.63, 3.8) is 0 Å². The summed E-state index contributed by atoms with van der Waals surface area (Å²) in [7, 11) is 0. The van der Waals surface area contributed by atoms with Crippen LogP contribution in [0.25, 0.3) is 0 Å². The zero-order chi connectivity index (χ0) is 11.4. The number of pyridine rings is 1. The van der Waals surface area contributed by atoms with Crippen molar-refractivity contribution in [2.75, 3.05) is 6.61 Å². The molecule has 1 aromatic rings. The van der Waals surface area contributed by atoms with Crippen molar-refractivity contribution < 1.29 is 9.90 Å². The van der Waals surface area contributed by atoms with Crippen LogP contribution in [0.4, 0.5) is 0 Å². The zero-order valence-corrected chi connectivity index (χ0v) is 9.10. The van der Waals surface area contributed by atoms with E-state index in [4.69, 9.17) is 5.11 Å². The molecule has 2 rings (SSSR count). The number of nitrogens with one attached hydrogen (secondary N) is 1. The van der Waals surface area contributed by atoms with E-state index in [0.29, 0.717) is 5.56 Å². The first-order chi connectivity index (χ1) is 7.81. The maximum Gasteiger partial charge on any atom is 0.253 e. The smallest absolute Gasteiger partial charge is 0.253 e. The van der Waals surface area contributed by atoms with Gasteiger partial charge in [0.15, 0.2) is 0 Å². The van der Waals surface area contributed by atoms with Gasteiger partial charge in [-0.25, -0.2) is 0 Å². The minimum atomic E-state index is -0.0987. The molecule has 1 amide bonds. The summed E-state index contributed by atoms with van der Waals surface area (Å²) in [4.78, 5) is 15.7. The monoisotopic (exact) mass is 220 g/mol. The number of carbonyl (C=O) groups is 1. The minimum absolute atomic E-state index is 0.0987. The lowest BCUT2D eigenvalue weighted by atomic mass is 10.0. The third-order valence-electron chi connectivity index (χ3n) is 3.13. The molecule has 16 heavy (non-hydrogen) atoms. The molecule has 1 aliphatic carbocycles. The zero-order valence-electron chi connectivity index (χ0n) is 9.10. The van der Waals surface area contributed by atoms with E-state index in [1.807, 2.05) is 0 Å². The van der Waals surface area contributed by atoms with Crippen LogP contribution in [0.3, 0.4) is 0 Å². The lowest BCUT2D eigenvalue weighted by molar-refractivity contribution is 0.0915. The molecule has 0 aromatic carbocycles. The highest BCUT2D eigenvalue weighted by molar-refractivity contribution is 5.94. The third-order valence-corrected chi connectivity index (χ3v) is 3.13. The number of aromatic nitrogens is 1. The van der Waals surface area contributed by atoms with Crippen LogP contribution in [-0.2, 0) is 0 Å². The van der Waals surface area contributed by atoms with Crippen molar-refractivity contribution in [3.05, 3.63) is 30.1 Å². The number of aliphatic hydroxyl groups excluding tert-OH is 1. The lowest BCUT2D eigenvalue weighted by Crippen LogP contribution is -2.38. The molecule has 0 saturated heterocycles. The van der Waals surface area contributed by atoms with Crippen LogP contribution in [0, 0.1) is 5.92 Å². The van der Waals surface area contributed by atoms with E-state index in [-0.39, 0.29) is 24.5 Å². The Hall–Kier alpha value is -1.42. The lowest BCUT2D eigenvalue weighted by Gasteiger charge is -2.18. The van der Waals surface area contributed by atoms with Crippen LogP contribution < -0.4 is 5.32 Å². The molecule has 0 radical (unpaired) electrons. The number of aliphatic hydroxyl groups is 1. The van der Waals surface area contributed by atoms with Gasteiger partial charge in [0.2, 0.25) is 0 Å². The highest BCUT2D eigenvalue weighted by Crippen LogP contribution is 2.25. The van der Waals surface area contributed by atoms with Crippen molar-refractivity contribution in [1.82, 2.24) is 10.3 Å². The molecule has 2 atom stereocenters. The summed E-state index contributed by atoms with van der Waals surface area (Å²) in [5.41, 5.74) is 0.575. The summed E-state index contributed by atoms with van der Waals surface area (Å²) in [6.07, 6.45) is 6.22. The quantitative estimate of drug-likeness (QED) is 0.798. The fourth-order valence-corrected chi connectivity index (χ4v) is 2.19. The Morgan fingerprint density at radius 3 is 3.12 bits per heavy atom. The van der Waals surface area contributed by atoms with Crippen LogP contribution >= 0.6 is 0 Å². The molecular weight excluding hydrogens is 204 g/mol. The molecule has 0 aliphatic heterocycles. The Morgan fingerprint density at radius 1 is 1.56 bits per heavy atom. The fourth-order valence-electron chi connectivity index (χ4n) is 2.19. The van der Waals surface area contributed by atoms with Crippen molar-refractivity contribution in [1.29, 1.82) is 0 Å². The first kappa shape index (κ1) is 11.1. The average molecular weight is 220 g/mol. The van der Waals surface area contributed by atoms with E-state index >= 15 is 0 Å². The molecule has 1 fully saturated rings. The highest BCUT2D eigenvalue weighted by Gasteiger charge is 2.27. The Balaban J connectivity index is 1.97. The van der Waals surface area contributed by atoms with Crippen LogP contribution in [0.5, 0.6) is 0 Å². The molecular formula is C12H16N2O2. The number of nitrogens with zero attached hydrogens (tertiary/aromatic N) is 1. The van der Waals surface area contributed by atoms with E-state index in [1.54, 1.807) is 24.5 Å². The number of amides is 1. The molecule has 0 spiro atoms. The number of hydrogen-bond donors (Lipinski definition) is 2. The number of rotatable bonds is 3. The summed E-state index contributed by atoms with van der Waals surface area (Å²) in [6, 6.07) is 3.59. The number of hydrogen-bond acceptors (Lipinski definition) is 3. The second-order valence-electron chi connectivity index (χ2n) is 4.20. The molecule has 4 heteroatoms. The molecule has 4 nitrogen and oxygen atoms in total. The first-order valence-corrected chi connectivity index (χ1v) is 5.63. The van der Waals surface area contributed by atoms with Crippen LogP contribution in [0.2, 0.25) is 0 Å². The van der Waals surface area contributed by atoms with Gasteiger partial charge in [0.25, 0.3) is 5.91 Å². The van der Waals surface area contributed by atoms with Crippen molar-refractivity contribution in [3.8, 4) is 0 Å². The maximum absolute atomic E-state index is 11.8. The first-order valence-electron chi connectivity index (χ1n) is 5.63. The van der Waals surface area contributed by atoms with Gasteiger partial charge in [-0.2, -0.15) is 0 Å². The maximum atomic E-state index is 11.8. The fraction of sp³-hybridized carbons (Fsp3) is 0.500. The third kappa shape index (κ3) is 2.39. The van der Waals surface area contributed by atoms with Gasteiger partial charge < -0.3 is 10.4 Å². The Bertz CT molecular complexity index is 353. The van der Waals surface area contributed by atoms with Gasteiger partial charge in [0.05, 0.1) is 5.56 Å². The molecule has 1 saturated carbocycles. The van der Waals surface area contributed by atoms with Gasteiger partial charge in [-0.15, -0.1) is 0 Å². The molecule has 0 bridgehead atoms. The summed E-state index contributed by atoms with van der Waals surface area (Å²) in [5.74, 6) is 0.110. The van der Waals surface area contributed by atoms with E-state index in [1.165, 1.54) is 0 Å². The van der Waals surface area contributed by atoms with E-state index in [2.05, 4.69) is 10.3 Å². The predicted molar refractivity (Wildman–Crippen MR) is 59.9 cm³/mol. The van der Waals surface area contributed by atoms with Gasteiger partial charge in [-0.3, -0.25) is 9.78 Å². The molecule has 2 unspecified atom stereocenters. The van der Waals surface area contributed by atoms with Gasteiger partial charge in [0, 0.05) is 31.0 Å². The summed E-state index contributed by atoms with van der Waals surface area (Å²) < 4.78 is 0. The van der Waals surface area contributed by atoms with E-state index in [9.17, 15) is 4.79 Å². The van der Waals surface area contributed by atoms with E-state index in [0.717, 1.165) is 19.3 Å². The van der Waals surface area contributed by atoms with Crippen LogP contribution in [-0.4, -0.2) is 28.6 Å². The Morgan fingerprint density at radius 2 is 2.44 bits per heavy atom. The van der Waals surface area contributed by atoms with Crippen molar-refractivity contribution in [2.24, 2.45) is 5.92 Å². The van der Waals surface area contributed by atoms with Gasteiger partial charge in [0.1, 0.15) is 0 Å². The largest absolute Gasteiger partial charge is 0.396 e. The summed E-state index contributed by atoms with van der Waals surface area (Å²) >= 11 is 0. The molecule has 1 heterocycles. The predicted octanol–water partition coefficient (Wildman–Crippen LogP) is 0.972. The minimum Gasteiger partial charge on any atom is -0.396 e. The standard InChI is InChI=1S/C12H16N2O2/c15-8-10-3-1-5-11(10)14-12(16)9-4-2-6-13-7-9/h2,4,6-7,10-11,15H,1,3,5,8H2,(H,14,16). The second kappa shape index (κ2) is 5.07. The SMILES string of the molecule is O=C(NC1CCCC1CO)c1cccnc1. The van der Waals surface area contributed by atoms with Gasteiger partial charge in [-0.1, -0.05) is 6.42 Å². The molecule has 1 aliphatic rings. The molecule has 1 aromatic heterocycles. The van der Waals surface area contributed by atoms with Crippen LogP contribution in [0.1, 0.15) is 29.6 Å². The molecule has 2 N–H and O–H groups in total. The van der Waals surface area contributed by atoms with E-state index < -0.39 is 0 Å². The summed E-state index contributed by atoms with van der Waals surface area (Å²) in [6.45, 7) is 0.151. The van der Waals surface area contributed by atoms with Crippen molar-refractivity contribution >= 4 is 5.91 Å². The molecule has 86 valence electrons. The number of carbonyl (C=O) groups excluding carboxylic acids is 1. The van der Waals surface area contributed by atoms with Crippen molar-refractivity contribution in [2.45, 2.75) is 25.3 Å². The van der Waals surface area contributed by atoms with Gasteiger partial charge >= 0.3 is 0 Å². The highest BCUT2D eigenvalue weighted by atomic mass is 16.3.